The molecule has 0 saturated heterocycles. The van der Waals surface area contributed by atoms with Gasteiger partial charge in [-0.25, -0.2) is 0 Å². The molecule has 0 spiro atoms. The van der Waals surface area contributed by atoms with Crippen LogP contribution < -0.4 is 27.9 Å². The molecule has 1 aromatic heterocycles. The lowest BCUT2D eigenvalue weighted by atomic mass is 10.3. The Morgan fingerprint density at radius 1 is 1.42 bits per heavy atom. The lowest BCUT2D eigenvalue weighted by Gasteiger charge is -1.85. The minimum Gasteiger partial charge on any atom is -1.00 e. The topological polar surface area (TPSA) is 3.88 Å². The van der Waals surface area contributed by atoms with E-state index in [4.69, 9.17) is 11.6 Å². The molecule has 0 bridgehead atoms. The molecule has 0 aliphatic heterocycles. The number of benzene rings is 1. The van der Waals surface area contributed by atoms with E-state index in [0.29, 0.717) is 0 Å². The van der Waals surface area contributed by atoms with E-state index in [1.807, 2.05) is 25.2 Å². The Morgan fingerprint density at radius 2 is 2.17 bits per heavy atom. The summed E-state index contributed by atoms with van der Waals surface area (Å²) in [6.45, 7) is 0. The third-order valence-electron chi connectivity index (χ3n) is 1.67. The highest BCUT2D eigenvalue weighted by molar-refractivity contribution is 7.00. The number of rotatable bonds is 0. The maximum absolute atomic E-state index is 5.84. The Labute approximate surface area is 97.1 Å². The first-order chi connectivity index (χ1) is 5.27. The molecule has 12 heavy (non-hydrogen) atoms. The average Bonchev–Trinajstić information content (AvgIpc) is 2.33. The normalized spacial score (nSPS) is 9.83. The third kappa shape index (κ3) is 1.72. The second-order valence-electron chi connectivity index (χ2n) is 2.42. The van der Waals surface area contributed by atoms with E-state index >= 15 is 0 Å². The van der Waals surface area contributed by atoms with Crippen molar-refractivity contribution in [2.24, 2.45) is 7.05 Å². The molecule has 2 rings (SSSR count). The first-order valence-electron chi connectivity index (χ1n) is 3.30. The van der Waals surface area contributed by atoms with Crippen LogP contribution >= 0.6 is 23.1 Å². The van der Waals surface area contributed by atoms with Gasteiger partial charge in [0.2, 0.25) is 5.52 Å². The summed E-state index contributed by atoms with van der Waals surface area (Å²) in [6, 6.07) is 5.93. The standard InChI is InChI=1S/C8H7ClNS.HI/c1-10-8-4-7(9)3-2-6(8)5-11-10;/h2-5H,1H3;1H/q+1;/p-1. The molecule has 0 atom stereocenters. The van der Waals surface area contributed by atoms with Gasteiger partial charge in [0.1, 0.15) is 11.5 Å². The molecule has 0 aliphatic carbocycles. The van der Waals surface area contributed by atoms with Gasteiger partial charge < -0.3 is 24.0 Å². The Hall–Kier alpha value is 0.130. The van der Waals surface area contributed by atoms with Gasteiger partial charge in [-0.1, -0.05) is 11.6 Å². The van der Waals surface area contributed by atoms with Crippen LogP contribution in [-0.4, -0.2) is 0 Å². The lowest BCUT2D eigenvalue weighted by Crippen LogP contribution is -3.00. The fourth-order valence-electron chi connectivity index (χ4n) is 1.08. The van der Waals surface area contributed by atoms with Crippen molar-refractivity contribution >= 4 is 34.0 Å². The fraction of sp³-hybridized carbons (Fsp3) is 0.125. The van der Waals surface area contributed by atoms with Gasteiger partial charge in [-0.05, 0) is 12.1 Å². The zero-order chi connectivity index (χ0) is 7.84. The first-order valence-corrected chi connectivity index (χ1v) is 4.52. The molecule has 1 nitrogen and oxygen atoms in total. The van der Waals surface area contributed by atoms with Crippen molar-refractivity contribution in [3.63, 3.8) is 0 Å². The smallest absolute Gasteiger partial charge is 0.228 e. The van der Waals surface area contributed by atoms with Crippen molar-refractivity contribution in [1.29, 1.82) is 0 Å². The van der Waals surface area contributed by atoms with Crippen molar-refractivity contribution in [2.45, 2.75) is 0 Å². The summed E-state index contributed by atoms with van der Waals surface area (Å²) in [4.78, 5) is 0. The molecule has 0 unspecified atom stereocenters. The number of aryl methyl sites for hydroxylation is 1. The van der Waals surface area contributed by atoms with E-state index in [0.717, 1.165) is 5.02 Å². The van der Waals surface area contributed by atoms with Gasteiger partial charge in [0.25, 0.3) is 0 Å². The van der Waals surface area contributed by atoms with Gasteiger partial charge in [0, 0.05) is 11.1 Å². The van der Waals surface area contributed by atoms with Gasteiger partial charge in [-0.2, -0.15) is 0 Å². The molecule has 0 amide bonds. The number of fused-ring (bicyclic) bond motifs is 1. The molecule has 4 heteroatoms. The summed E-state index contributed by atoms with van der Waals surface area (Å²) in [5, 5.41) is 4.17. The maximum atomic E-state index is 5.84. The predicted octanol–water partition coefficient (Wildman–Crippen LogP) is -0.617. The number of hydrogen-bond donors (Lipinski definition) is 0. The molecule has 1 aromatic carbocycles. The molecule has 64 valence electrons. The van der Waals surface area contributed by atoms with E-state index in [9.17, 15) is 0 Å². The van der Waals surface area contributed by atoms with Gasteiger partial charge >= 0.3 is 0 Å². The molecule has 0 saturated carbocycles. The summed E-state index contributed by atoms with van der Waals surface area (Å²) < 4.78 is 2.10. The largest absolute Gasteiger partial charge is 1.00 e. The maximum Gasteiger partial charge on any atom is 0.228 e. The highest BCUT2D eigenvalue weighted by Gasteiger charge is 2.06. The quantitative estimate of drug-likeness (QED) is 0.451. The molecule has 1 heterocycles. The number of halogens is 2. The summed E-state index contributed by atoms with van der Waals surface area (Å²) >= 11 is 7.52. The minimum atomic E-state index is 0. The van der Waals surface area contributed by atoms with E-state index in [1.54, 1.807) is 11.5 Å². The van der Waals surface area contributed by atoms with Gasteiger partial charge in [-0.15, -0.1) is 3.96 Å². The summed E-state index contributed by atoms with van der Waals surface area (Å²) in [5.41, 5.74) is 1.20. The second kappa shape index (κ2) is 3.89. The van der Waals surface area contributed by atoms with Crippen molar-refractivity contribution in [1.82, 2.24) is 0 Å². The SMILES string of the molecule is C[n+]1scc2ccc(Cl)cc21.[I-]. The lowest BCUT2D eigenvalue weighted by molar-refractivity contribution is -0.573. The van der Waals surface area contributed by atoms with Gasteiger partial charge in [0.05, 0.1) is 10.8 Å². The zero-order valence-corrected chi connectivity index (χ0v) is 10.2. The van der Waals surface area contributed by atoms with Gasteiger partial charge in [0.15, 0.2) is 7.05 Å². The number of nitrogens with zero attached hydrogens (tertiary/aromatic N) is 1. The number of hydrogen-bond acceptors (Lipinski definition) is 1. The monoisotopic (exact) mass is 311 g/mol. The van der Waals surface area contributed by atoms with Crippen LogP contribution in [0.5, 0.6) is 0 Å². The highest BCUT2D eigenvalue weighted by atomic mass is 127. The molecule has 0 N–H and O–H groups in total. The Balaban J connectivity index is 0.000000720. The Bertz CT molecular complexity index is 399. The third-order valence-corrected chi connectivity index (χ3v) is 2.78. The van der Waals surface area contributed by atoms with Crippen molar-refractivity contribution < 1.29 is 27.9 Å². The Kier molecular flexibility index (Phi) is 3.31. The average molecular weight is 312 g/mol. The van der Waals surface area contributed by atoms with Crippen LogP contribution in [0.25, 0.3) is 10.9 Å². The van der Waals surface area contributed by atoms with Crippen molar-refractivity contribution in [3.05, 3.63) is 28.6 Å². The molecule has 0 fully saturated rings. The molecule has 0 radical (unpaired) electrons. The number of aromatic nitrogens is 1. The van der Waals surface area contributed by atoms with Crippen LogP contribution in [0, 0.1) is 0 Å². The van der Waals surface area contributed by atoms with Crippen LogP contribution in [-0.2, 0) is 7.05 Å². The zero-order valence-electron chi connectivity index (χ0n) is 6.42. The fourth-order valence-corrected chi connectivity index (χ4v) is 1.99. The Morgan fingerprint density at radius 3 is 2.92 bits per heavy atom. The highest BCUT2D eigenvalue weighted by Crippen LogP contribution is 2.17. The summed E-state index contributed by atoms with van der Waals surface area (Å²) in [7, 11) is 2.03. The van der Waals surface area contributed by atoms with E-state index in [-0.39, 0.29) is 24.0 Å². The van der Waals surface area contributed by atoms with E-state index < -0.39 is 0 Å². The molecular formula is C8H7ClINS. The van der Waals surface area contributed by atoms with E-state index in [2.05, 4.69) is 9.34 Å². The molecule has 0 aliphatic rings. The second-order valence-corrected chi connectivity index (χ2v) is 3.85. The van der Waals surface area contributed by atoms with Crippen molar-refractivity contribution in [3.8, 4) is 0 Å². The van der Waals surface area contributed by atoms with Crippen LogP contribution in [0.1, 0.15) is 0 Å². The molecule has 2 aromatic rings. The summed E-state index contributed by atoms with van der Waals surface area (Å²) in [5.74, 6) is 0. The minimum absolute atomic E-state index is 0. The van der Waals surface area contributed by atoms with Crippen molar-refractivity contribution in [2.75, 3.05) is 0 Å². The van der Waals surface area contributed by atoms with Gasteiger partial charge in [-0.3, -0.25) is 0 Å². The van der Waals surface area contributed by atoms with Crippen LogP contribution in [0.3, 0.4) is 0 Å². The van der Waals surface area contributed by atoms with Crippen LogP contribution in [0.2, 0.25) is 5.02 Å². The van der Waals surface area contributed by atoms with Crippen LogP contribution in [0.4, 0.5) is 0 Å². The van der Waals surface area contributed by atoms with E-state index in [1.165, 1.54) is 10.9 Å². The molecular weight excluding hydrogens is 305 g/mol. The van der Waals surface area contributed by atoms with Crippen LogP contribution in [0.15, 0.2) is 23.6 Å². The summed E-state index contributed by atoms with van der Waals surface area (Å²) in [6.07, 6.45) is 0. The first kappa shape index (κ1) is 10.2. The predicted molar refractivity (Wildman–Crippen MR) is 48.0 cm³/mol.